The molecule has 0 aliphatic carbocycles. The molecule has 3 aromatic rings. The number of likely N-dealkylation sites (tertiary alicyclic amines) is 1. The number of benzene rings is 2. The van der Waals surface area contributed by atoms with Gasteiger partial charge in [0.25, 0.3) is 5.91 Å². The zero-order valence-corrected chi connectivity index (χ0v) is 18.9. The number of methoxy groups -OCH3 is 1. The standard InChI is InChI=1S/C23H24N4O4S/c1-13(2)27-12-15(10-20(27)28)22(30)24-16-6-4-14(5-7-16)21(29)26-23-25-18-9-8-17(31-3)11-19(18)32-23/h4-9,11,13,15H,10,12H2,1-3H3,(H,24,30)(H,25,26,29). The first-order valence-corrected chi connectivity index (χ1v) is 11.1. The van der Waals surface area contributed by atoms with Gasteiger partial charge in [0.15, 0.2) is 5.13 Å². The van der Waals surface area contributed by atoms with E-state index in [0.717, 1.165) is 16.0 Å². The summed E-state index contributed by atoms with van der Waals surface area (Å²) < 4.78 is 6.13. The van der Waals surface area contributed by atoms with Gasteiger partial charge in [-0.25, -0.2) is 4.98 Å². The van der Waals surface area contributed by atoms with E-state index in [0.29, 0.717) is 22.9 Å². The molecule has 0 radical (unpaired) electrons. The molecule has 8 nitrogen and oxygen atoms in total. The predicted molar refractivity (Wildman–Crippen MR) is 124 cm³/mol. The molecule has 32 heavy (non-hydrogen) atoms. The molecule has 0 bridgehead atoms. The van der Waals surface area contributed by atoms with E-state index in [9.17, 15) is 14.4 Å². The number of hydrogen-bond acceptors (Lipinski definition) is 6. The molecule has 166 valence electrons. The van der Waals surface area contributed by atoms with Crippen molar-refractivity contribution in [1.82, 2.24) is 9.88 Å². The van der Waals surface area contributed by atoms with E-state index in [1.54, 1.807) is 36.3 Å². The second-order valence-electron chi connectivity index (χ2n) is 7.91. The molecule has 1 aromatic heterocycles. The molecule has 1 unspecified atom stereocenters. The average Bonchev–Trinajstić information content (AvgIpc) is 3.36. The molecule has 2 aromatic carbocycles. The van der Waals surface area contributed by atoms with Crippen molar-refractivity contribution in [2.45, 2.75) is 26.3 Å². The predicted octanol–water partition coefficient (Wildman–Crippen LogP) is 3.75. The minimum Gasteiger partial charge on any atom is -0.497 e. The maximum absolute atomic E-state index is 12.6. The van der Waals surface area contributed by atoms with E-state index in [1.165, 1.54) is 11.3 Å². The van der Waals surface area contributed by atoms with Crippen molar-refractivity contribution in [3.63, 3.8) is 0 Å². The lowest BCUT2D eigenvalue weighted by molar-refractivity contribution is -0.129. The van der Waals surface area contributed by atoms with Crippen LogP contribution >= 0.6 is 11.3 Å². The second-order valence-corrected chi connectivity index (χ2v) is 8.94. The summed E-state index contributed by atoms with van der Waals surface area (Å²) in [6.45, 7) is 4.30. The highest BCUT2D eigenvalue weighted by atomic mass is 32.1. The van der Waals surface area contributed by atoms with Crippen LogP contribution in [0.15, 0.2) is 42.5 Å². The summed E-state index contributed by atoms with van der Waals surface area (Å²) in [6, 6.07) is 12.2. The van der Waals surface area contributed by atoms with Crippen LogP contribution in [-0.4, -0.2) is 47.3 Å². The Hall–Kier alpha value is -3.46. The highest BCUT2D eigenvalue weighted by molar-refractivity contribution is 7.22. The number of carbonyl (C=O) groups is 3. The quantitative estimate of drug-likeness (QED) is 0.593. The summed E-state index contributed by atoms with van der Waals surface area (Å²) in [5.74, 6) is -0.118. The van der Waals surface area contributed by atoms with Crippen LogP contribution in [0.1, 0.15) is 30.6 Å². The van der Waals surface area contributed by atoms with Crippen molar-refractivity contribution in [1.29, 1.82) is 0 Å². The van der Waals surface area contributed by atoms with Gasteiger partial charge in [-0.05, 0) is 56.3 Å². The summed E-state index contributed by atoms with van der Waals surface area (Å²) >= 11 is 1.37. The lowest BCUT2D eigenvalue weighted by Gasteiger charge is -2.20. The van der Waals surface area contributed by atoms with E-state index in [-0.39, 0.29) is 36.1 Å². The number of thiazole rings is 1. The molecule has 2 N–H and O–H groups in total. The number of fused-ring (bicyclic) bond motifs is 1. The van der Waals surface area contributed by atoms with E-state index >= 15 is 0 Å². The van der Waals surface area contributed by atoms with Crippen LogP contribution in [0.5, 0.6) is 5.75 Å². The number of rotatable bonds is 6. The zero-order valence-electron chi connectivity index (χ0n) is 18.0. The fraction of sp³-hybridized carbons (Fsp3) is 0.304. The molecule has 2 heterocycles. The first-order valence-electron chi connectivity index (χ1n) is 10.3. The van der Waals surface area contributed by atoms with Gasteiger partial charge >= 0.3 is 0 Å². The number of nitrogens with one attached hydrogen (secondary N) is 2. The van der Waals surface area contributed by atoms with E-state index in [1.807, 2.05) is 32.0 Å². The molecule has 4 rings (SSSR count). The fourth-order valence-corrected chi connectivity index (χ4v) is 4.50. The Morgan fingerprint density at radius 3 is 2.56 bits per heavy atom. The van der Waals surface area contributed by atoms with Gasteiger partial charge in [0, 0.05) is 30.3 Å². The van der Waals surface area contributed by atoms with Crippen molar-refractivity contribution in [3.8, 4) is 5.75 Å². The van der Waals surface area contributed by atoms with Crippen molar-refractivity contribution in [3.05, 3.63) is 48.0 Å². The van der Waals surface area contributed by atoms with E-state index < -0.39 is 0 Å². The molecule has 1 fully saturated rings. The summed E-state index contributed by atoms with van der Waals surface area (Å²) in [4.78, 5) is 43.3. The third-order valence-electron chi connectivity index (χ3n) is 5.38. The second kappa shape index (κ2) is 8.96. The van der Waals surface area contributed by atoms with Gasteiger partial charge in [0.1, 0.15) is 5.75 Å². The lowest BCUT2D eigenvalue weighted by Crippen LogP contribution is -2.33. The summed E-state index contributed by atoms with van der Waals surface area (Å²) in [5.41, 5.74) is 1.81. The van der Waals surface area contributed by atoms with Crippen molar-refractivity contribution in [2.24, 2.45) is 5.92 Å². The number of amides is 3. The van der Waals surface area contributed by atoms with Crippen LogP contribution in [0, 0.1) is 5.92 Å². The fourth-order valence-electron chi connectivity index (χ4n) is 3.61. The topological polar surface area (TPSA) is 101 Å². The first-order chi connectivity index (χ1) is 15.3. The van der Waals surface area contributed by atoms with Crippen LogP contribution in [0.4, 0.5) is 10.8 Å². The largest absolute Gasteiger partial charge is 0.497 e. The Labute approximate surface area is 189 Å². The van der Waals surface area contributed by atoms with Crippen LogP contribution in [0.2, 0.25) is 0 Å². The molecular formula is C23H24N4O4S. The Balaban J connectivity index is 1.37. The van der Waals surface area contributed by atoms with Crippen LogP contribution in [0.3, 0.4) is 0 Å². The normalized spacial score (nSPS) is 15.9. The Bertz CT molecular complexity index is 1170. The molecule has 1 saturated heterocycles. The maximum atomic E-state index is 12.6. The first kappa shape index (κ1) is 21.8. The Kier molecular flexibility index (Phi) is 6.09. The SMILES string of the molecule is COc1ccc2nc(NC(=O)c3ccc(NC(=O)C4CC(=O)N(C(C)C)C4)cc3)sc2c1. The van der Waals surface area contributed by atoms with Crippen molar-refractivity contribution < 1.29 is 19.1 Å². The van der Waals surface area contributed by atoms with Crippen LogP contribution in [0.25, 0.3) is 10.2 Å². The number of anilines is 2. The third-order valence-corrected chi connectivity index (χ3v) is 6.32. The number of nitrogens with zero attached hydrogens (tertiary/aromatic N) is 2. The molecule has 1 aliphatic heterocycles. The summed E-state index contributed by atoms with van der Waals surface area (Å²) in [5, 5.41) is 6.14. The number of ether oxygens (including phenoxy) is 1. The van der Waals surface area contributed by atoms with Gasteiger partial charge in [0.05, 0.1) is 23.2 Å². The van der Waals surface area contributed by atoms with Gasteiger partial charge < -0.3 is 15.0 Å². The maximum Gasteiger partial charge on any atom is 0.257 e. The minimum atomic E-state index is -0.370. The molecule has 9 heteroatoms. The van der Waals surface area contributed by atoms with Gasteiger partial charge in [-0.3, -0.25) is 19.7 Å². The van der Waals surface area contributed by atoms with Crippen molar-refractivity contribution >= 4 is 50.1 Å². The molecule has 0 spiro atoms. The van der Waals surface area contributed by atoms with E-state index in [2.05, 4.69) is 15.6 Å². The number of carbonyl (C=O) groups excluding carboxylic acids is 3. The van der Waals surface area contributed by atoms with Crippen molar-refractivity contribution in [2.75, 3.05) is 24.3 Å². The smallest absolute Gasteiger partial charge is 0.257 e. The Morgan fingerprint density at radius 1 is 1.16 bits per heavy atom. The molecule has 1 atom stereocenters. The zero-order chi connectivity index (χ0) is 22.8. The van der Waals surface area contributed by atoms with Gasteiger partial charge in [0.2, 0.25) is 11.8 Å². The molecule has 3 amide bonds. The molecule has 1 aliphatic rings. The van der Waals surface area contributed by atoms with Crippen LogP contribution in [-0.2, 0) is 9.59 Å². The highest BCUT2D eigenvalue weighted by Gasteiger charge is 2.35. The van der Waals surface area contributed by atoms with Gasteiger partial charge in [-0.15, -0.1) is 0 Å². The monoisotopic (exact) mass is 452 g/mol. The van der Waals surface area contributed by atoms with Gasteiger partial charge in [-0.1, -0.05) is 11.3 Å². The highest BCUT2D eigenvalue weighted by Crippen LogP contribution is 2.29. The third kappa shape index (κ3) is 4.57. The molecule has 0 saturated carbocycles. The average molecular weight is 453 g/mol. The number of aromatic nitrogens is 1. The minimum absolute atomic E-state index is 0.000426. The molecular weight excluding hydrogens is 428 g/mol. The number of hydrogen-bond donors (Lipinski definition) is 2. The van der Waals surface area contributed by atoms with Crippen LogP contribution < -0.4 is 15.4 Å². The summed E-state index contributed by atoms with van der Waals surface area (Å²) in [6.07, 6.45) is 0.221. The van der Waals surface area contributed by atoms with E-state index in [4.69, 9.17) is 4.74 Å². The summed E-state index contributed by atoms with van der Waals surface area (Å²) in [7, 11) is 1.60. The lowest BCUT2D eigenvalue weighted by atomic mass is 10.1. The van der Waals surface area contributed by atoms with Gasteiger partial charge in [-0.2, -0.15) is 0 Å². The Morgan fingerprint density at radius 2 is 1.91 bits per heavy atom.